The van der Waals surface area contributed by atoms with Crippen LogP contribution in [0, 0.1) is 5.92 Å². The van der Waals surface area contributed by atoms with Crippen LogP contribution in [0.4, 0.5) is 0 Å². The molecule has 0 saturated heterocycles. The summed E-state index contributed by atoms with van der Waals surface area (Å²) < 4.78 is 0. The molecule has 1 heteroatoms. The lowest BCUT2D eigenvalue weighted by molar-refractivity contribution is 0.606. The molecule has 0 bridgehead atoms. The molecule has 0 aromatic heterocycles. The molecule has 76 valence electrons. The molecule has 1 rings (SSSR count). The Hall–Kier alpha value is -1.11. The number of benzene rings is 1. The second-order valence-corrected chi connectivity index (χ2v) is 3.98. The van der Waals surface area contributed by atoms with E-state index < -0.39 is 0 Å². The Morgan fingerprint density at radius 3 is 2.57 bits per heavy atom. The number of hydrogen-bond acceptors (Lipinski definition) is 1. The van der Waals surface area contributed by atoms with E-state index in [0.717, 1.165) is 18.9 Å². The molecule has 0 radical (unpaired) electrons. The molecule has 0 heterocycles. The van der Waals surface area contributed by atoms with Crippen LogP contribution in [0.25, 0.3) is 0 Å². The lowest BCUT2D eigenvalue weighted by atomic mass is 10.1. The molecule has 0 unspecified atom stereocenters. The van der Waals surface area contributed by atoms with Gasteiger partial charge in [0.15, 0.2) is 0 Å². The third-order valence-corrected chi connectivity index (χ3v) is 2.12. The first-order valence-corrected chi connectivity index (χ1v) is 5.31. The fourth-order valence-corrected chi connectivity index (χ4v) is 1.25. The molecule has 0 N–H and O–H groups in total. The van der Waals surface area contributed by atoms with Crippen molar-refractivity contribution in [3.8, 4) is 0 Å². The van der Waals surface area contributed by atoms with Gasteiger partial charge in [0.25, 0.3) is 0 Å². The highest BCUT2D eigenvalue weighted by Crippen LogP contribution is 2.02. The topological polar surface area (TPSA) is 12.4 Å². The molecule has 0 amide bonds. The fourth-order valence-electron chi connectivity index (χ4n) is 1.25. The Bertz CT molecular complexity index is 262. The van der Waals surface area contributed by atoms with Crippen molar-refractivity contribution < 1.29 is 0 Å². The van der Waals surface area contributed by atoms with Gasteiger partial charge in [-0.25, -0.2) is 0 Å². The number of rotatable bonds is 5. The van der Waals surface area contributed by atoms with Crippen LogP contribution in [0.15, 0.2) is 35.3 Å². The van der Waals surface area contributed by atoms with Gasteiger partial charge >= 0.3 is 0 Å². The van der Waals surface area contributed by atoms with Crippen LogP contribution < -0.4 is 0 Å². The normalized spacial score (nSPS) is 11.4. The lowest BCUT2D eigenvalue weighted by Gasteiger charge is -1.99. The molecule has 0 aliphatic carbocycles. The maximum Gasteiger partial charge on any atom is 0.0635 e. The maximum atomic E-state index is 4.39. The summed E-state index contributed by atoms with van der Waals surface area (Å²) in [5.41, 5.74) is 1.29. The maximum absolute atomic E-state index is 4.39. The van der Waals surface area contributed by atoms with E-state index in [1.807, 2.05) is 12.3 Å². The summed E-state index contributed by atoms with van der Waals surface area (Å²) in [5.74, 6) is 0.776. The average Bonchev–Trinajstić information content (AvgIpc) is 2.18. The van der Waals surface area contributed by atoms with E-state index in [2.05, 4.69) is 43.1 Å². The van der Waals surface area contributed by atoms with E-state index >= 15 is 0 Å². The van der Waals surface area contributed by atoms with Crippen molar-refractivity contribution in [3.63, 3.8) is 0 Å². The van der Waals surface area contributed by atoms with Gasteiger partial charge in [-0.2, -0.15) is 0 Å². The van der Waals surface area contributed by atoms with Gasteiger partial charge in [0.05, 0.1) is 6.54 Å². The van der Waals surface area contributed by atoms with Crippen molar-refractivity contribution in [2.75, 3.05) is 0 Å². The third-order valence-electron chi connectivity index (χ3n) is 2.12. The van der Waals surface area contributed by atoms with Gasteiger partial charge in [-0.15, -0.1) is 0 Å². The minimum atomic E-state index is 0.776. The lowest BCUT2D eigenvalue weighted by Crippen LogP contribution is -1.88. The molecule has 0 atom stereocenters. The van der Waals surface area contributed by atoms with Crippen LogP contribution in [0.3, 0.4) is 0 Å². The standard InChI is InChI=1S/C13H19N/c1-12(2)7-6-10-14-11-13-8-4-3-5-9-13/h3-5,8-10,12H,6-7,11H2,1-2H3. The average molecular weight is 189 g/mol. The van der Waals surface area contributed by atoms with Gasteiger partial charge in [0.1, 0.15) is 0 Å². The molecule has 0 spiro atoms. The smallest absolute Gasteiger partial charge is 0.0635 e. The Kier molecular flexibility index (Phi) is 4.98. The van der Waals surface area contributed by atoms with E-state index in [1.165, 1.54) is 12.0 Å². The van der Waals surface area contributed by atoms with E-state index in [1.54, 1.807) is 0 Å². The monoisotopic (exact) mass is 189 g/mol. The molecule has 0 fully saturated rings. The summed E-state index contributed by atoms with van der Waals surface area (Å²) in [6.07, 6.45) is 4.38. The van der Waals surface area contributed by atoms with Gasteiger partial charge in [0, 0.05) is 0 Å². The molecule has 0 aliphatic rings. The third kappa shape index (κ3) is 4.80. The molecule has 1 aromatic rings. The SMILES string of the molecule is CC(C)CCC=NCc1ccccc1. The Balaban J connectivity index is 2.21. The molecule has 14 heavy (non-hydrogen) atoms. The van der Waals surface area contributed by atoms with E-state index in [0.29, 0.717) is 0 Å². The summed E-state index contributed by atoms with van der Waals surface area (Å²) in [5, 5.41) is 0. The second kappa shape index (κ2) is 6.36. The molecule has 1 aromatic carbocycles. The molecule has 0 saturated carbocycles. The molecular weight excluding hydrogens is 170 g/mol. The molecule has 1 nitrogen and oxygen atoms in total. The van der Waals surface area contributed by atoms with E-state index in [-0.39, 0.29) is 0 Å². The number of aliphatic imine (C=N–C) groups is 1. The zero-order valence-electron chi connectivity index (χ0n) is 9.11. The van der Waals surface area contributed by atoms with Gasteiger partial charge in [-0.3, -0.25) is 4.99 Å². The van der Waals surface area contributed by atoms with Crippen molar-refractivity contribution in [1.29, 1.82) is 0 Å². The van der Waals surface area contributed by atoms with Crippen molar-refractivity contribution in [1.82, 2.24) is 0 Å². The van der Waals surface area contributed by atoms with Crippen molar-refractivity contribution in [2.24, 2.45) is 10.9 Å². The van der Waals surface area contributed by atoms with Crippen LogP contribution in [-0.4, -0.2) is 6.21 Å². The molecular formula is C13H19N. The summed E-state index contributed by atoms with van der Waals surface area (Å²) in [7, 11) is 0. The Morgan fingerprint density at radius 1 is 1.21 bits per heavy atom. The Morgan fingerprint density at radius 2 is 1.93 bits per heavy atom. The van der Waals surface area contributed by atoms with Crippen LogP contribution in [0.5, 0.6) is 0 Å². The highest BCUT2D eigenvalue weighted by molar-refractivity contribution is 5.57. The first-order chi connectivity index (χ1) is 6.79. The predicted molar refractivity (Wildman–Crippen MR) is 62.7 cm³/mol. The van der Waals surface area contributed by atoms with E-state index in [9.17, 15) is 0 Å². The first-order valence-electron chi connectivity index (χ1n) is 5.31. The van der Waals surface area contributed by atoms with Crippen LogP contribution in [-0.2, 0) is 6.54 Å². The second-order valence-electron chi connectivity index (χ2n) is 3.98. The van der Waals surface area contributed by atoms with Gasteiger partial charge in [-0.05, 0) is 30.5 Å². The van der Waals surface area contributed by atoms with Gasteiger partial charge in [0.2, 0.25) is 0 Å². The summed E-state index contributed by atoms with van der Waals surface area (Å²) in [6.45, 7) is 5.30. The number of hydrogen-bond donors (Lipinski definition) is 0. The quantitative estimate of drug-likeness (QED) is 0.626. The van der Waals surface area contributed by atoms with Crippen molar-refractivity contribution in [2.45, 2.75) is 33.2 Å². The van der Waals surface area contributed by atoms with Crippen molar-refractivity contribution >= 4 is 6.21 Å². The zero-order chi connectivity index (χ0) is 10.2. The molecule has 0 aliphatic heterocycles. The Labute approximate surface area is 86.9 Å². The highest BCUT2D eigenvalue weighted by atomic mass is 14.7. The van der Waals surface area contributed by atoms with Crippen LogP contribution in [0.1, 0.15) is 32.3 Å². The zero-order valence-corrected chi connectivity index (χ0v) is 9.11. The van der Waals surface area contributed by atoms with Crippen molar-refractivity contribution in [3.05, 3.63) is 35.9 Å². The first kappa shape index (κ1) is 11.0. The van der Waals surface area contributed by atoms with Gasteiger partial charge in [-0.1, -0.05) is 44.2 Å². The summed E-state index contributed by atoms with van der Waals surface area (Å²) in [4.78, 5) is 4.39. The number of nitrogens with zero attached hydrogens (tertiary/aromatic N) is 1. The highest BCUT2D eigenvalue weighted by Gasteiger charge is 1.90. The fraction of sp³-hybridized carbons (Fsp3) is 0.462. The van der Waals surface area contributed by atoms with Crippen LogP contribution >= 0.6 is 0 Å². The van der Waals surface area contributed by atoms with E-state index in [4.69, 9.17) is 0 Å². The predicted octanol–water partition coefficient (Wildman–Crippen LogP) is 3.69. The minimum Gasteiger partial charge on any atom is -0.293 e. The largest absolute Gasteiger partial charge is 0.293 e. The minimum absolute atomic E-state index is 0.776. The summed E-state index contributed by atoms with van der Waals surface area (Å²) >= 11 is 0. The van der Waals surface area contributed by atoms with Gasteiger partial charge < -0.3 is 0 Å². The van der Waals surface area contributed by atoms with Crippen LogP contribution in [0.2, 0.25) is 0 Å². The summed E-state index contributed by atoms with van der Waals surface area (Å²) in [6, 6.07) is 10.4.